The van der Waals surface area contributed by atoms with Gasteiger partial charge in [-0.25, -0.2) is 13.1 Å². The van der Waals surface area contributed by atoms with E-state index < -0.39 is 16.6 Å². The molecule has 0 heterocycles. The number of benzene rings is 2. The molecule has 5 nitrogen and oxygen atoms in total. The Morgan fingerprint density at radius 2 is 1.72 bits per heavy atom. The van der Waals surface area contributed by atoms with Crippen LogP contribution in [-0.2, 0) is 16.6 Å². The molecule has 2 aromatic carbocycles. The number of ether oxygens (including phenoxy) is 1. The Labute approximate surface area is 146 Å². The Morgan fingerprint density at radius 3 is 2.40 bits per heavy atom. The fourth-order valence-corrected chi connectivity index (χ4v) is 3.19. The second-order valence-corrected chi connectivity index (χ2v) is 7.14. The molecule has 0 unspecified atom stereocenters. The molecule has 0 aromatic heterocycles. The van der Waals surface area contributed by atoms with Gasteiger partial charge in [-0.05, 0) is 25.1 Å². The lowest BCUT2D eigenvalue weighted by Crippen LogP contribution is -2.31. The lowest BCUT2D eigenvalue weighted by atomic mass is 10.2. The van der Waals surface area contributed by atoms with Crippen molar-refractivity contribution >= 4 is 10.0 Å². The van der Waals surface area contributed by atoms with Crippen LogP contribution in [0.5, 0.6) is 5.75 Å². The van der Waals surface area contributed by atoms with Gasteiger partial charge in [0.2, 0.25) is 10.0 Å². The predicted octanol–water partition coefficient (Wildman–Crippen LogP) is 2.66. The van der Waals surface area contributed by atoms with E-state index in [1.54, 1.807) is 42.5 Å². The molecule has 25 heavy (non-hydrogen) atoms. The van der Waals surface area contributed by atoms with Gasteiger partial charge in [-0.3, -0.25) is 0 Å². The molecule has 0 bridgehead atoms. The minimum absolute atomic E-state index is 0.102. The number of rotatable bonds is 9. The first-order valence-corrected chi connectivity index (χ1v) is 9.16. The average Bonchev–Trinajstić information content (AvgIpc) is 2.56. The third-order valence-electron chi connectivity index (χ3n) is 3.43. The van der Waals surface area contributed by atoms with Crippen molar-refractivity contribution in [3.05, 3.63) is 59.7 Å². The van der Waals surface area contributed by atoms with Crippen molar-refractivity contribution in [3.63, 3.8) is 0 Å². The molecular weight excluding hydrogens is 350 g/mol. The molecule has 8 heteroatoms. The number of hydrogen-bond acceptors (Lipinski definition) is 4. The van der Waals surface area contributed by atoms with E-state index in [1.165, 1.54) is 6.07 Å². The third kappa shape index (κ3) is 6.08. The van der Waals surface area contributed by atoms with Gasteiger partial charge in [-0.1, -0.05) is 35.9 Å². The normalized spacial score (nSPS) is 11.7. The lowest BCUT2D eigenvalue weighted by Gasteiger charge is -2.12. The Morgan fingerprint density at radius 1 is 1.04 bits per heavy atom. The largest absolute Gasteiger partial charge is 0.434 e. The van der Waals surface area contributed by atoms with Crippen LogP contribution >= 0.6 is 0 Å². The molecule has 0 saturated carbocycles. The number of halogens is 2. The van der Waals surface area contributed by atoms with Gasteiger partial charge < -0.3 is 10.1 Å². The van der Waals surface area contributed by atoms with Crippen LogP contribution in [0, 0.1) is 6.92 Å². The monoisotopic (exact) mass is 370 g/mol. The molecule has 0 atom stereocenters. The van der Waals surface area contributed by atoms with Gasteiger partial charge >= 0.3 is 6.61 Å². The van der Waals surface area contributed by atoms with E-state index in [0.717, 1.165) is 5.56 Å². The summed E-state index contributed by atoms with van der Waals surface area (Å²) in [5.74, 6) is 0.102. The van der Waals surface area contributed by atoms with E-state index in [4.69, 9.17) is 0 Å². The van der Waals surface area contributed by atoms with Crippen LogP contribution in [0.4, 0.5) is 8.78 Å². The molecule has 2 aromatic rings. The highest BCUT2D eigenvalue weighted by Gasteiger charge is 2.13. The van der Waals surface area contributed by atoms with Crippen LogP contribution in [0.1, 0.15) is 11.1 Å². The molecule has 136 valence electrons. The van der Waals surface area contributed by atoms with Gasteiger partial charge in [0.1, 0.15) is 5.75 Å². The van der Waals surface area contributed by atoms with E-state index in [9.17, 15) is 17.2 Å². The van der Waals surface area contributed by atoms with Crippen LogP contribution in [0.25, 0.3) is 0 Å². The second kappa shape index (κ2) is 8.89. The van der Waals surface area contributed by atoms with Crippen molar-refractivity contribution in [2.45, 2.75) is 25.0 Å². The zero-order valence-corrected chi connectivity index (χ0v) is 14.5. The molecule has 0 saturated heterocycles. The van der Waals surface area contributed by atoms with Crippen LogP contribution in [0.2, 0.25) is 0 Å². The second-order valence-electron chi connectivity index (χ2n) is 5.37. The van der Waals surface area contributed by atoms with Crippen LogP contribution in [-0.4, -0.2) is 28.1 Å². The quantitative estimate of drug-likeness (QED) is 0.666. The standard InChI is InChI=1S/C17H20F2N2O3S/c1-13-6-8-15(9-7-13)25(22,23)21-11-10-20-12-14-4-2-3-5-16(14)24-17(18)19/h2-9,17,20-21H,10-12H2,1H3. The summed E-state index contributed by atoms with van der Waals surface area (Å²) in [6, 6.07) is 13.0. The summed E-state index contributed by atoms with van der Waals surface area (Å²) >= 11 is 0. The van der Waals surface area contributed by atoms with E-state index in [-0.39, 0.29) is 23.7 Å². The molecule has 0 spiro atoms. The lowest BCUT2D eigenvalue weighted by molar-refractivity contribution is -0.0504. The predicted molar refractivity (Wildman–Crippen MR) is 91.1 cm³/mol. The van der Waals surface area contributed by atoms with E-state index in [1.807, 2.05) is 6.92 Å². The number of hydrogen-bond donors (Lipinski definition) is 2. The Kier molecular flexibility index (Phi) is 6.86. The maximum atomic E-state index is 12.3. The molecule has 0 aliphatic carbocycles. The maximum absolute atomic E-state index is 12.3. The van der Waals surface area contributed by atoms with Gasteiger partial charge in [-0.2, -0.15) is 8.78 Å². The smallest absolute Gasteiger partial charge is 0.387 e. The van der Waals surface area contributed by atoms with Crippen molar-refractivity contribution < 1.29 is 21.9 Å². The van der Waals surface area contributed by atoms with Crippen LogP contribution < -0.4 is 14.8 Å². The fraction of sp³-hybridized carbons (Fsp3) is 0.294. The van der Waals surface area contributed by atoms with Gasteiger partial charge in [-0.15, -0.1) is 0 Å². The highest BCUT2D eigenvalue weighted by atomic mass is 32.2. The number of aryl methyl sites for hydroxylation is 1. The SMILES string of the molecule is Cc1ccc(S(=O)(=O)NCCNCc2ccccc2OC(F)F)cc1. The molecule has 0 radical (unpaired) electrons. The van der Waals surface area contributed by atoms with Crippen LogP contribution in [0.15, 0.2) is 53.4 Å². The average molecular weight is 370 g/mol. The van der Waals surface area contributed by atoms with Crippen molar-refractivity contribution in [2.24, 2.45) is 0 Å². The first-order chi connectivity index (χ1) is 11.9. The summed E-state index contributed by atoms with van der Waals surface area (Å²) < 4.78 is 55.8. The van der Waals surface area contributed by atoms with Crippen molar-refractivity contribution in [2.75, 3.05) is 13.1 Å². The Balaban J connectivity index is 1.81. The summed E-state index contributed by atoms with van der Waals surface area (Å²) in [4.78, 5) is 0.203. The summed E-state index contributed by atoms with van der Waals surface area (Å²) in [5, 5.41) is 3.00. The maximum Gasteiger partial charge on any atom is 0.387 e. The van der Waals surface area contributed by atoms with E-state index in [0.29, 0.717) is 12.1 Å². The zero-order chi connectivity index (χ0) is 18.3. The highest BCUT2D eigenvalue weighted by molar-refractivity contribution is 7.89. The Hall–Kier alpha value is -2.03. The number of nitrogens with one attached hydrogen (secondary N) is 2. The molecule has 2 rings (SSSR count). The number of sulfonamides is 1. The first-order valence-electron chi connectivity index (χ1n) is 7.68. The molecule has 0 amide bonds. The van der Waals surface area contributed by atoms with Crippen molar-refractivity contribution in [1.29, 1.82) is 0 Å². The summed E-state index contributed by atoms with van der Waals surface area (Å²) in [6.45, 7) is -0.205. The molecule has 0 aliphatic heterocycles. The van der Waals surface area contributed by atoms with E-state index >= 15 is 0 Å². The van der Waals surface area contributed by atoms with Gasteiger partial charge in [0.25, 0.3) is 0 Å². The number of alkyl halides is 2. The summed E-state index contributed by atoms with van der Waals surface area (Å²) in [6.07, 6.45) is 0. The minimum atomic E-state index is -3.56. The van der Waals surface area contributed by atoms with Crippen molar-refractivity contribution in [1.82, 2.24) is 10.0 Å². The summed E-state index contributed by atoms with van der Waals surface area (Å²) in [5.41, 5.74) is 1.55. The molecule has 0 aliphatic rings. The highest BCUT2D eigenvalue weighted by Crippen LogP contribution is 2.19. The van der Waals surface area contributed by atoms with E-state index in [2.05, 4.69) is 14.8 Å². The van der Waals surface area contributed by atoms with Gasteiger partial charge in [0.15, 0.2) is 0 Å². The molecular formula is C17H20F2N2O3S. The Bertz CT molecular complexity index is 781. The van der Waals surface area contributed by atoms with Gasteiger partial charge in [0, 0.05) is 25.2 Å². The first kappa shape index (κ1) is 19.3. The fourth-order valence-electron chi connectivity index (χ4n) is 2.16. The topological polar surface area (TPSA) is 67.4 Å². The van der Waals surface area contributed by atoms with Crippen LogP contribution in [0.3, 0.4) is 0 Å². The van der Waals surface area contributed by atoms with Gasteiger partial charge in [0.05, 0.1) is 4.90 Å². The summed E-state index contributed by atoms with van der Waals surface area (Å²) in [7, 11) is -3.56. The third-order valence-corrected chi connectivity index (χ3v) is 4.91. The minimum Gasteiger partial charge on any atom is -0.434 e. The number of para-hydroxylation sites is 1. The zero-order valence-electron chi connectivity index (χ0n) is 13.7. The van der Waals surface area contributed by atoms with Crippen molar-refractivity contribution in [3.8, 4) is 5.75 Å². The molecule has 2 N–H and O–H groups in total. The molecule has 0 fully saturated rings.